The van der Waals surface area contributed by atoms with Gasteiger partial charge in [0.25, 0.3) is 5.69 Å². The molecule has 0 aliphatic rings. The van der Waals surface area contributed by atoms with E-state index in [1.54, 1.807) is 6.92 Å². The molecule has 0 amide bonds. The standard InChI is InChI=1S/C20H18N2O4S/c1-15(16-11-13-18(14-12-16)17-7-3-2-4-8-17)21-27(25,26)20-10-6-5-9-19(20)22(23)24/h2-15,21H,1H3/t15-/m0/s1. The second kappa shape index (κ2) is 7.69. The summed E-state index contributed by atoms with van der Waals surface area (Å²) in [6.07, 6.45) is 0. The molecule has 0 fully saturated rings. The fourth-order valence-electron chi connectivity index (χ4n) is 2.79. The van der Waals surface area contributed by atoms with Crippen molar-refractivity contribution in [1.82, 2.24) is 4.72 Å². The van der Waals surface area contributed by atoms with Gasteiger partial charge in [-0.15, -0.1) is 0 Å². The van der Waals surface area contributed by atoms with E-state index in [0.717, 1.165) is 16.7 Å². The smallest absolute Gasteiger partial charge is 0.258 e. The first kappa shape index (κ1) is 18.8. The molecule has 0 heterocycles. The minimum absolute atomic E-state index is 0.345. The maximum atomic E-state index is 12.6. The van der Waals surface area contributed by atoms with Crippen LogP contribution >= 0.6 is 0 Å². The SMILES string of the molecule is C[C@H](NS(=O)(=O)c1ccccc1[N+](=O)[O-])c1ccc(-c2ccccc2)cc1. The van der Waals surface area contributed by atoms with Gasteiger partial charge in [0.2, 0.25) is 10.0 Å². The number of hydrogen-bond acceptors (Lipinski definition) is 4. The largest absolute Gasteiger partial charge is 0.289 e. The van der Waals surface area contributed by atoms with Crippen molar-refractivity contribution < 1.29 is 13.3 Å². The van der Waals surface area contributed by atoms with E-state index in [2.05, 4.69) is 4.72 Å². The lowest BCUT2D eigenvalue weighted by atomic mass is 10.0. The van der Waals surface area contributed by atoms with E-state index < -0.39 is 26.7 Å². The number of nitrogens with one attached hydrogen (secondary N) is 1. The molecule has 27 heavy (non-hydrogen) atoms. The Morgan fingerprint density at radius 3 is 2.04 bits per heavy atom. The zero-order valence-corrected chi connectivity index (χ0v) is 15.4. The summed E-state index contributed by atoms with van der Waals surface area (Å²) in [5, 5.41) is 11.1. The molecule has 0 spiro atoms. The van der Waals surface area contributed by atoms with Crippen LogP contribution in [0.2, 0.25) is 0 Å². The lowest BCUT2D eigenvalue weighted by Gasteiger charge is -2.15. The van der Waals surface area contributed by atoms with Gasteiger partial charge in [0.1, 0.15) is 0 Å². The van der Waals surface area contributed by atoms with Crippen LogP contribution in [0.5, 0.6) is 0 Å². The van der Waals surface area contributed by atoms with E-state index in [0.29, 0.717) is 0 Å². The number of para-hydroxylation sites is 1. The summed E-state index contributed by atoms with van der Waals surface area (Å²) < 4.78 is 27.7. The quantitative estimate of drug-likeness (QED) is 0.508. The highest BCUT2D eigenvalue weighted by Gasteiger charge is 2.26. The van der Waals surface area contributed by atoms with Crippen molar-refractivity contribution in [3.8, 4) is 11.1 Å². The molecule has 1 N–H and O–H groups in total. The molecule has 3 aromatic rings. The average Bonchev–Trinajstić information content (AvgIpc) is 2.68. The molecular weight excluding hydrogens is 364 g/mol. The van der Waals surface area contributed by atoms with Crippen LogP contribution in [-0.2, 0) is 10.0 Å². The third kappa shape index (κ3) is 4.21. The molecule has 0 aromatic heterocycles. The van der Waals surface area contributed by atoms with E-state index in [4.69, 9.17) is 0 Å². The molecule has 0 aliphatic carbocycles. The molecule has 3 aromatic carbocycles. The van der Waals surface area contributed by atoms with Crippen molar-refractivity contribution in [3.63, 3.8) is 0 Å². The molecule has 7 heteroatoms. The van der Waals surface area contributed by atoms with Crippen molar-refractivity contribution >= 4 is 15.7 Å². The first-order valence-corrected chi connectivity index (χ1v) is 9.78. The molecule has 0 bridgehead atoms. The lowest BCUT2D eigenvalue weighted by molar-refractivity contribution is -0.387. The number of hydrogen-bond donors (Lipinski definition) is 1. The van der Waals surface area contributed by atoms with E-state index in [1.807, 2.05) is 54.6 Å². The first-order chi connectivity index (χ1) is 12.9. The molecule has 6 nitrogen and oxygen atoms in total. The Kier molecular flexibility index (Phi) is 5.34. The topological polar surface area (TPSA) is 89.3 Å². The van der Waals surface area contributed by atoms with Crippen LogP contribution in [0.4, 0.5) is 5.69 Å². The van der Waals surface area contributed by atoms with E-state index in [9.17, 15) is 18.5 Å². The van der Waals surface area contributed by atoms with Crippen LogP contribution in [0, 0.1) is 10.1 Å². The maximum absolute atomic E-state index is 12.6. The lowest BCUT2D eigenvalue weighted by Crippen LogP contribution is -2.27. The van der Waals surface area contributed by atoms with Crippen LogP contribution in [0.15, 0.2) is 83.8 Å². The summed E-state index contributed by atoms with van der Waals surface area (Å²) in [6.45, 7) is 1.70. The minimum atomic E-state index is -4.04. The van der Waals surface area contributed by atoms with E-state index in [-0.39, 0.29) is 4.90 Å². The van der Waals surface area contributed by atoms with Gasteiger partial charge in [-0.2, -0.15) is 0 Å². The second-order valence-electron chi connectivity index (χ2n) is 6.06. The molecule has 3 rings (SSSR count). The minimum Gasteiger partial charge on any atom is -0.258 e. The molecule has 1 atom stereocenters. The molecule has 0 aliphatic heterocycles. The van der Waals surface area contributed by atoms with E-state index >= 15 is 0 Å². The van der Waals surface area contributed by atoms with Crippen molar-refractivity contribution in [1.29, 1.82) is 0 Å². The van der Waals surface area contributed by atoms with Gasteiger partial charge in [-0.25, -0.2) is 13.1 Å². The zero-order valence-electron chi connectivity index (χ0n) is 14.6. The number of rotatable bonds is 6. The monoisotopic (exact) mass is 382 g/mol. The Morgan fingerprint density at radius 1 is 0.852 bits per heavy atom. The Morgan fingerprint density at radius 2 is 1.41 bits per heavy atom. The highest BCUT2D eigenvalue weighted by atomic mass is 32.2. The number of sulfonamides is 1. The zero-order chi connectivity index (χ0) is 19.4. The molecule has 0 saturated heterocycles. The van der Waals surface area contributed by atoms with Gasteiger partial charge >= 0.3 is 0 Å². The molecule has 0 unspecified atom stereocenters. The normalized spacial score (nSPS) is 12.5. The van der Waals surface area contributed by atoms with Crippen molar-refractivity contribution in [2.24, 2.45) is 0 Å². The summed E-state index contributed by atoms with van der Waals surface area (Å²) >= 11 is 0. The third-order valence-corrected chi connectivity index (χ3v) is 5.79. The summed E-state index contributed by atoms with van der Waals surface area (Å²) in [7, 11) is -4.04. The fourth-order valence-corrected chi connectivity index (χ4v) is 4.20. The Bertz CT molecular complexity index is 1050. The molecule has 0 saturated carbocycles. The van der Waals surface area contributed by atoms with Crippen LogP contribution in [0.1, 0.15) is 18.5 Å². The van der Waals surface area contributed by atoms with Gasteiger partial charge < -0.3 is 0 Å². The second-order valence-corrected chi connectivity index (χ2v) is 7.74. The summed E-state index contributed by atoms with van der Waals surface area (Å²) in [4.78, 5) is 10.1. The van der Waals surface area contributed by atoms with Gasteiger partial charge in [0.05, 0.1) is 4.92 Å². The average molecular weight is 382 g/mol. The summed E-state index contributed by atoms with van der Waals surface area (Å²) in [5.74, 6) is 0. The fraction of sp³-hybridized carbons (Fsp3) is 0.100. The van der Waals surface area contributed by atoms with Crippen LogP contribution in [0.3, 0.4) is 0 Å². The van der Waals surface area contributed by atoms with Gasteiger partial charge in [0, 0.05) is 12.1 Å². The van der Waals surface area contributed by atoms with Gasteiger partial charge in [-0.3, -0.25) is 10.1 Å². The van der Waals surface area contributed by atoms with Crippen LogP contribution in [0.25, 0.3) is 11.1 Å². The van der Waals surface area contributed by atoms with Crippen molar-refractivity contribution in [2.45, 2.75) is 17.9 Å². The highest BCUT2D eigenvalue weighted by molar-refractivity contribution is 7.89. The molecule has 0 radical (unpaired) electrons. The predicted molar refractivity (Wildman–Crippen MR) is 104 cm³/mol. The number of nitrogens with zero attached hydrogens (tertiary/aromatic N) is 1. The van der Waals surface area contributed by atoms with Crippen LogP contribution in [-0.4, -0.2) is 13.3 Å². The predicted octanol–water partition coefficient (Wildman–Crippen LogP) is 4.30. The number of nitro benzene ring substituents is 1. The maximum Gasteiger partial charge on any atom is 0.289 e. The van der Waals surface area contributed by atoms with Gasteiger partial charge in [-0.05, 0) is 29.7 Å². The molecular formula is C20H18N2O4S. The van der Waals surface area contributed by atoms with Crippen molar-refractivity contribution in [2.75, 3.05) is 0 Å². The Labute approximate surface area is 157 Å². The summed E-state index contributed by atoms with van der Waals surface area (Å²) in [6, 6.07) is 22.1. The van der Waals surface area contributed by atoms with Crippen LogP contribution < -0.4 is 4.72 Å². The van der Waals surface area contributed by atoms with Crippen molar-refractivity contribution in [3.05, 3.63) is 94.5 Å². The first-order valence-electron chi connectivity index (χ1n) is 8.29. The molecule has 138 valence electrons. The van der Waals surface area contributed by atoms with E-state index in [1.165, 1.54) is 24.3 Å². The Hall–Kier alpha value is -3.03. The number of benzene rings is 3. The highest BCUT2D eigenvalue weighted by Crippen LogP contribution is 2.26. The van der Waals surface area contributed by atoms with Gasteiger partial charge in [0.15, 0.2) is 4.90 Å². The van der Waals surface area contributed by atoms with Gasteiger partial charge in [-0.1, -0.05) is 66.7 Å². The third-order valence-electron chi connectivity index (χ3n) is 4.20. The summed E-state index contributed by atoms with van der Waals surface area (Å²) in [5.41, 5.74) is 2.40. The number of nitro groups is 1. The Balaban J connectivity index is 1.83.